The fraction of sp³-hybridized carbons (Fsp3) is 0.154. The third-order valence-electron chi connectivity index (χ3n) is 2.38. The van der Waals surface area contributed by atoms with Gasteiger partial charge in [0.05, 0.1) is 14.2 Å². The summed E-state index contributed by atoms with van der Waals surface area (Å²) in [5, 5.41) is 0. The van der Waals surface area contributed by atoms with Gasteiger partial charge in [-0.05, 0) is 11.6 Å². The Balaban J connectivity index is 2.46. The maximum atomic E-state index is 5.37. The molecule has 0 fully saturated rings. The van der Waals surface area contributed by atoms with Crippen LogP contribution in [0.15, 0.2) is 36.4 Å². The van der Waals surface area contributed by atoms with E-state index in [1.54, 1.807) is 14.2 Å². The van der Waals surface area contributed by atoms with Crippen LogP contribution in [0.4, 0.5) is 0 Å². The molecule has 2 heteroatoms. The maximum Gasteiger partial charge on any atom is 0.168 e. The largest absolute Gasteiger partial charge is 0.493 e. The average molecular weight is 201 g/mol. The van der Waals surface area contributed by atoms with Gasteiger partial charge in [-0.2, -0.15) is 0 Å². The van der Waals surface area contributed by atoms with Crippen LogP contribution in [0, 0.1) is 6.42 Å². The highest BCUT2D eigenvalue weighted by molar-refractivity contribution is 5.82. The second-order valence-electron chi connectivity index (χ2n) is 3.21. The van der Waals surface area contributed by atoms with Gasteiger partial charge in [0.25, 0.3) is 0 Å². The molecule has 1 radical (unpaired) electrons. The minimum Gasteiger partial charge on any atom is -0.493 e. The molecule has 2 nitrogen and oxygen atoms in total. The fourth-order valence-corrected chi connectivity index (χ4v) is 1.67. The van der Waals surface area contributed by atoms with Crippen LogP contribution < -0.4 is 9.47 Å². The van der Waals surface area contributed by atoms with Gasteiger partial charge in [-0.3, -0.25) is 0 Å². The Morgan fingerprint density at radius 1 is 1.00 bits per heavy atom. The molecule has 0 N–H and O–H groups in total. The van der Waals surface area contributed by atoms with Crippen LogP contribution in [-0.4, -0.2) is 14.2 Å². The molecule has 77 valence electrons. The molecule has 0 aromatic heterocycles. The molecule has 0 aliphatic heterocycles. The standard InChI is InChI=1S/C13H13O2/c1-14-12-9-5-8-11(13(12)15-2)10-6-3-4-7-10/h3-9H,1-2H3. The van der Waals surface area contributed by atoms with Crippen molar-refractivity contribution in [3.8, 4) is 11.5 Å². The van der Waals surface area contributed by atoms with Crippen molar-refractivity contribution in [1.82, 2.24) is 0 Å². The summed E-state index contributed by atoms with van der Waals surface area (Å²) >= 11 is 0. The predicted molar refractivity (Wildman–Crippen MR) is 61.0 cm³/mol. The Labute approximate surface area is 89.8 Å². The Kier molecular flexibility index (Phi) is 2.77. The normalized spacial score (nSPS) is 13.9. The molecule has 0 heterocycles. The molecule has 1 aliphatic carbocycles. The number of methoxy groups -OCH3 is 2. The minimum atomic E-state index is 0.760. The summed E-state index contributed by atoms with van der Waals surface area (Å²) in [5.41, 5.74) is 2.20. The van der Waals surface area contributed by atoms with Gasteiger partial charge < -0.3 is 9.47 Å². The van der Waals surface area contributed by atoms with E-state index in [1.165, 1.54) is 0 Å². The number of para-hydroxylation sites is 1. The Hall–Kier alpha value is -1.70. The Bertz CT molecular complexity index is 417. The zero-order valence-electron chi connectivity index (χ0n) is 8.86. The summed E-state index contributed by atoms with van der Waals surface area (Å²) in [5.74, 6) is 1.54. The summed E-state index contributed by atoms with van der Waals surface area (Å²) in [4.78, 5) is 0. The van der Waals surface area contributed by atoms with Crippen LogP contribution in [-0.2, 0) is 0 Å². The van der Waals surface area contributed by atoms with E-state index in [-0.39, 0.29) is 0 Å². The molecule has 1 aliphatic rings. The molecule has 0 saturated heterocycles. The Morgan fingerprint density at radius 2 is 1.87 bits per heavy atom. The van der Waals surface area contributed by atoms with Gasteiger partial charge in [-0.15, -0.1) is 0 Å². The van der Waals surface area contributed by atoms with E-state index in [0.717, 1.165) is 22.6 Å². The zero-order chi connectivity index (χ0) is 10.7. The van der Waals surface area contributed by atoms with Crippen LogP contribution in [0.3, 0.4) is 0 Å². The van der Waals surface area contributed by atoms with Gasteiger partial charge in [0.1, 0.15) is 0 Å². The highest BCUT2D eigenvalue weighted by Gasteiger charge is 2.13. The van der Waals surface area contributed by atoms with Crippen molar-refractivity contribution in [3.63, 3.8) is 0 Å². The number of allylic oxidation sites excluding steroid dienone is 4. The molecule has 0 saturated carbocycles. The first-order valence-corrected chi connectivity index (χ1v) is 4.80. The van der Waals surface area contributed by atoms with Gasteiger partial charge in [0.2, 0.25) is 0 Å². The average Bonchev–Trinajstić information content (AvgIpc) is 2.81. The van der Waals surface area contributed by atoms with E-state index in [2.05, 4.69) is 12.5 Å². The highest BCUT2D eigenvalue weighted by Crippen LogP contribution is 2.37. The Morgan fingerprint density at radius 3 is 2.47 bits per heavy atom. The summed E-state index contributed by atoms with van der Waals surface area (Å²) in [6, 6.07) is 5.88. The number of hydrogen-bond donors (Lipinski definition) is 0. The molecular weight excluding hydrogens is 188 g/mol. The smallest absolute Gasteiger partial charge is 0.168 e. The van der Waals surface area contributed by atoms with Gasteiger partial charge in [-0.1, -0.05) is 30.4 Å². The third kappa shape index (κ3) is 1.75. The van der Waals surface area contributed by atoms with Crippen molar-refractivity contribution in [2.24, 2.45) is 0 Å². The van der Waals surface area contributed by atoms with Gasteiger partial charge >= 0.3 is 0 Å². The van der Waals surface area contributed by atoms with Gasteiger partial charge in [-0.25, -0.2) is 0 Å². The number of hydrogen-bond acceptors (Lipinski definition) is 2. The highest BCUT2D eigenvalue weighted by atomic mass is 16.5. The quantitative estimate of drug-likeness (QED) is 0.748. The van der Waals surface area contributed by atoms with Gasteiger partial charge in [0.15, 0.2) is 11.5 Å². The molecule has 0 amide bonds. The van der Waals surface area contributed by atoms with Gasteiger partial charge in [0, 0.05) is 12.0 Å². The van der Waals surface area contributed by atoms with E-state index in [1.807, 2.05) is 30.4 Å². The first-order chi connectivity index (χ1) is 7.36. The molecule has 15 heavy (non-hydrogen) atoms. The van der Waals surface area contributed by atoms with Crippen LogP contribution in [0.2, 0.25) is 0 Å². The summed E-state index contributed by atoms with van der Waals surface area (Å²) in [6.07, 6.45) is 8.12. The lowest BCUT2D eigenvalue weighted by Gasteiger charge is -2.12. The van der Waals surface area contributed by atoms with E-state index in [9.17, 15) is 0 Å². The molecule has 2 rings (SSSR count). The molecule has 0 unspecified atom stereocenters. The van der Waals surface area contributed by atoms with E-state index in [4.69, 9.17) is 9.47 Å². The van der Waals surface area contributed by atoms with Crippen molar-refractivity contribution >= 4 is 5.57 Å². The fourth-order valence-electron chi connectivity index (χ4n) is 1.67. The van der Waals surface area contributed by atoms with Crippen molar-refractivity contribution in [1.29, 1.82) is 0 Å². The summed E-state index contributed by atoms with van der Waals surface area (Å²) in [6.45, 7) is 0. The third-order valence-corrected chi connectivity index (χ3v) is 2.38. The number of ether oxygens (including phenoxy) is 2. The lowest BCUT2D eigenvalue weighted by atomic mass is 10.0. The van der Waals surface area contributed by atoms with Crippen LogP contribution in [0.25, 0.3) is 5.57 Å². The topological polar surface area (TPSA) is 18.5 Å². The van der Waals surface area contributed by atoms with Crippen molar-refractivity contribution < 1.29 is 9.47 Å². The summed E-state index contributed by atoms with van der Waals surface area (Å²) < 4.78 is 10.6. The molecule has 0 bridgehead atoms. The van der Waals surface area contributed by atoms with E-state index >= 15 is 0 Å². The SMILES string of the molecule is COc1cccc(C2=CC=C[CH]2)c1OC. The molecular formula is C13H13O2. The van der Waals surface area contributed by atoms with Crippen LogP contribution in [0.5, 0.6) is 11.5 Å². The van der Waals surface area contributed by atoms with Crippen molar-refractivity contribution in [2.45, 2.75) is 0 Å². The van der Waals surface area contributed by atoms with Crippen molar-refractivity contribution in [2.75, 3.05) is 14.2 Å². The first kappa shape index (κ1) is 9.84. The molecule has 1 aromatic rings. The van der Waals surface area contributed by atoms with E-state index < -0.39 is 0 Å². The molecule has 1 aromatic carbocycles. The second kappa shape index (κ2) is 4.22. The van der Waals surface area contributed by atoms with Crippen molar-refractivity contribution in [3.05, 3.63) is 48.4 Å². The minimum absolute atomic E-state index is 0.760. The lowest BCUT2D eigenvalue weighted by Crippen LogP contribution is -1.95. The monoisotopic (exact) mass is 201 g/mol. The van der Waals surface area contributed by atoms with Crippen LogP contribution >= 0.6 is 0 Å². The number of benzene rings is 1. The number of rotatable bonds is 3. The lowest BCUT2D eigenvalue weighted by molar-refractivity contribution is 0.354. The molecule has 0 atom stereocenters. The van der Waals surface area contributed by atoms with Crippen LogP contribution in [0.1, 0.15) is 5.56 Å². The van der Waals surface area contributed by atoms with E-state index in [0.29, 0.717) is 0 Å². The molecule has 0 spiro atoms. The summed E-state index contributed by atoms with van der Waals surface area (Å²) in [7, 11) is 3.30. The maximum absolute atomic E-state index is 5.37. The first-order valence-electron chi connectivity index (χ1n) is 4.80. The predicted octanol–water partition coefficient (Wildman–Crippen LogP) is 2.86. The second-order valence-corrected chi connectivity index (χ2v) is 3.21. The zero-order valence-corrected chi connectivity index (χ0v) is 8.86.